The van der Waals surface area contributed by atoms with Crippen molar-refractivity contribution in [3.63, 3.8) is 0 Å². The summed E-state index contributed by atoms with van der Waals surface area (Å²) >= 11 is 1.68. The maximum atomic E-state index is 4.27. The maximum Gasteiger partial charge on any atom is 0.212 e. The largest absolute Gasteiger partial charge is 0.304 e. The molecule has 1 aliphatic rings. The fourth-order valence-electron chi connectivity index (χ4n) is 2.26. The molecule has 5 heteroatoms. The first-order chi connectivity index (χ1) is 9.92. The molecule has 2 aromatic carbocycles. The van der Waals surface area contributed by atoms with E-state index in [2.05, 4.69) is 39.9 Å². The van der Waals surface area contributed by atoms with Crippen LogP contribution in [0.5, 0.6) is 0 Å². The van der Waals surface area contributed by atoms with Gasteiger partial charge in [-0.25, -0.2) is 4.68 Å². The zero-order chi connectivity index (χ0) is 13.4. The van der Waals surface area contributed by atoms with E-state index >= 15 is 0 Å². The molecule has 1 unspecified atom stereocenters. The van der Waals surface area contributed by atoms with Crippen LogP contribution in [0.25, 0.3) is 11.4 Å². The average Bonchev–Trinajstić information content (AvgIpc) is 3.09. The zero-order valence-electron chi connectivity index (χ0n) is 10.6. The summed E-state index contributed by atoms with van der Waals surface area (Å²) in [6.45, 7) is 0. The second-order valence-electron chi connectivity index (χ2n) is 4.55. The van der Waals surface area contributed by atoms with Crippen molar-refractivity contribution in [1.82, 2.24) is 14.9 Å². The summed E-state index contributed by atoms with van der Waals surface area (Å²) < 4.78 is 1.97. The van der Waals surface area contributed by atoms with Gasteiger partial charge in [0.2, 0.25) is 5.16 Å². The minimum Gasteiger partial charge on any atom is -0.304 e. The van der Waals surface area contributed by atoms with Gasteiger partial charge >= 0.3 is 0 Å². The Kier molecular flexibility index (Phi) is 2.70. The van der Waals surface area contributed by atoms with Gasteiger partial charge in [-0.1, -0.05) is 72.4 Å². The Labute approximate surface area is 120 Å². The molecule has 1 aromatic heterocycles. The van der Waals surface area contributed by atoms with Crippen LogP contribution in [0.1, 0.15) is 10.9 Å². The number of hydrogen-bond acceptors (Lipinski definition) is 4. The number of benzene rings is 2. The van der Waals surface area contributed by atoms with E-state index in [1.807, 2.05) is 41.1 Å². The first kappa shape index (κ1) is 11.5. The molecule has 0 amide bonds. The molecule has 1 atom stereocenters. The monoisotopic (exact) mass is 280 g/mol. The van der Waals surface area contributed by atoms with Gasteiger partial charge in [-0.3, -0.25) is 0 Å². The van der Waals surface area contributed by atoms with Gasteiger partial charge in [0.05, 0.1) is 0 Å². The molecule has 1 N–H and O–H groups in total. The molecule has 0 fully saturated rings. The quantitative estimate of drug-likeness (QED) is 0.782. The van der Waals surface area contributed by atoms with Crippen molar-refractivity contribution < 1.29 is 0 Å². The van der Waals surface area contributed by atoms with E-state index in [-0.39, 0.29) is 5.37 Å². The normalized spacial score (nSPS) is 16.7. The van der Waals surface area contributed by atoms with Crippen molar-refractivity contribution in [1.29, 1.82) is 0 Å². The van der Waals surface area contributed by atoms with E-state index in [1.54, 1.807) is 11.8 Å². The molecule has 0 aliphatic carbocycles. The number of hydrogen-bond donors (Lipinski definition) is 1. The molecule has 1 aliphatic heterocycles. The lowest BCUT2D eigenvalue weighted by Gasteiger charge is -2.11. The Morgan fingerprint density at radius 3 is 2.35 bits per heavy atom. The number of nitrogens with one attached hydrogen (secondary N) is 1. The minimum atomic E-state index is 0.184. The van der Waals surface area contributed by atoms with E-state index in [4.69, 9.17) is 0 Å². The Bertz CT molecular complexity index is 724. The van der Waals surface area contributed by atoms with Gasteiger partial charge in [0, 0.05) is 5.56 Å². The van der Waals surface area contributed by atoms with E-state index in [0.717, 1.165) is 16.5 Å². The van der Waals surface area contributed by atoms with E-state index in [0.29, 0.717) is 0 Å². The van der Waals surface area contributed by atoms with E-state index in [9.17, 15) is 0 Å². The van der Waals surface area contributed by atoms with E-state index < -0.39 is 0 Å². The number of aromatic nitrogens is 3. The molecular formula is C15H12N4S. The lowest BCUT2D eigenvalue weighted by atomic mass is 10.2. The van der Waals surface area contributed by atoms with Crippen molar-refractivity contribution in [2.75, 3.05) is 5.43 Å². The van der Waals surface area contributed by atoms with Gasteiger partial charge in [-0.15, -0.1) is 10.2 Å². The fourth-order valence-corrected chi connectivity index (χ4v) is 3.25. The summed E-state index contributed by atoms with van der Waals surface area (Å²) in [6.07, 6.45) is 0. The highest BCUT2D eigenvalue weighted by atomic mass is 32.2. The molecule has 20 heavy (non-hydrogen) atoms. The SMILES string of the molecule is c1ccc(-c2nnc3n2NC(c2ccccc2)S3)cc1. The van der Waals surface area contributed by atoms with Crippen LogP contribution in [0.3, 0.4) is 0 Å². The van der Waals surface area contributed by atoms with Gasteiger partial charge in [0.25, 0.3) is 0 Å². The lowest BCUT2D eigenvalue weighted by molar-refractivity contribution is 0.792. The summed E-state index contributed by atoms with van der Waals surface area (Å²) in [5.74, 6) is 0.853. The van der Waals surface area contributed by atoms with Gasteiger partial charge in [-0.2, -0.15) is 0 Å². The Morgan fingerprint density at radius 2 is 1.60 bits per heavy atom. The molecule has 2 heterocycles. The molecule has 0 bridgehead atoms. The van der Waals surface area contributed by atoms with Crippen LogP contribution < -0.4 is 5.43 Å². The first-order valence-corrected chi connectivity index (χ1v) is 7.29. The van der Waals surface area contributed by atoms with Gasteiger partial charge in [0.15, 0.2) is 5.82 Å². The first-order valence-electron chi connectivity index (χ1n) is 6.41. The molecule has 98 valence electrons. The number of nitrogens with zero attached hydrogens (tertiary/aromatic N) is 3. The van der Waals surface area contributed by atoms with Crippen molar-refractivity contribution in [3.8, 4) is 11.4 Å². The second-order valence-corrected chi connectivity index (χ2v) is 5.62. The Balaban J connectivity index is 1.68. The molecule has 0 saturated heterocycles. The van der Waals surface area contributed by atoms with Crippen molar-refractivity contribution in [2.45, 2.75) is 10.5 Å². The lowest BCUT2D eigenvalue weighted by Crippen LogP contribution is -2.13. The fraction of sp³-hybridized carbons (Fsp3) is 0.0667. The van der Waals surface area contributed by atoms with Gasteiger partial charge in [0.1, 0.15) is 5.37 Å². The van der Waals surface area contributed by atoms with Gasteiger partial charge in [-0.05, 0) is 5.56 Å². The predicted octanol–water partition coefficient (Wildman–Crippen LogP) is 3.29. The summed E-state index contributed by atoms with van der Waals surface area (Å²) in [6, 6.07) is 20.5. The topological polar surface area (TPSA) is 42.7 Å². The highest BCUT2D eigenvalue weighted by molar-refractivity contribution is 7.99. The van der Waals surface area contributed by atoms with Crippen molar-refractivity contribution >= 4 is 11.8 Å². The molecule has 0 spiro atoms. The highest BCUT2D eigenvalue weighted by Crippen LogP contribution is 2.39. The van der Waals surface area contributed by atoms with E-state index in [1.165, 1.54) is 5.56 Å². The third kappa shape index (κ3) is 1.87. The maximum absolute atomic E-state index is 4.27. The predicted molar refractivity (Wildman–Crippen MR) is 79.9 cm³/mol. The van der Waals surface area contributed by atoms with Crippen LogP contribution in [-0.2, 0) is 0 Å². The van der Waals surface area contributed by atoms with Crippen molar-refractivity contribution in [2.24, 2.45) is 0 Å². The van der Waals surface area contributed by atoms with Crippen LogP contribution in [0, 0.1) is 0 Å². The average molecular weight is 280 g/mol. The number of fused-ring (bicyclic) bond motifs is 1. The standard InChI is InChI=1S/C15H12N4S/c1-3-7-11(8-4-1)13-16-17-15-19(13)18-14(20-15)12-9-5-2-6-10-12/h1-10,14,18H. The van der Waals surface area contributed by atoms with Crippen LogP contribution >= 0.6 is 11.8 Å². The molecular weight excluding hydrogens is 268 g/mol. The third-order valence-corrected chi connectivity index (χ3v) is 4.33. The van der Waals surface area contributed by atoms with Crippen LogP contribution in [0.2, 0.25) is 0 Å². The summed E-state index contributed by atoms with van der Waals surface area (Å²) in [5, 5.41) is 9.61. The smallest absolute Gasteiger partial charge is 0.212 e. The van der Waals surface area contributed by atoms with Crippen LogP contribution in [0.4, 0.5) is 0 Å². The molecule has 0 saturated carbocycles. The summed E-state index contributed by atoms with van der Waals surface area (Å²) in [4.78, 5) is 0. The van der Waals surface area contributed by atoms with Crippen molar-refractivity contribution in [3.05, 3.63) is 66.2 Å². The van der Waals surface area contributed by atoms with Crippen LogP contribution in [0.15, 0.2) is 65.8 Å². The number of rotatable bonds is 2. The molecule has 4 rings (SSSR count). The minimum absolute atomic E-state index is 0.184. The molecule has 3 aromatic rings. The number of thioether (sulfide) groups is 1. The third-order valence-electron chi connectivity index (χ3n) is 3.24. The Hall–Kier alpha value is -2.27. The summed E-state index contributed by atoms with van der Waals surface area (Å²) in [5.41, 5.74) is 5.75. The zero-order valence-corrected chi connectivity index (χ0v) is 11.4. The Morgan fingerprint density at radius 1 is 0.900 bits per heavy atom. The summed E-state index contributed by atoms with van der Waals surface area (Å²) in [7, 11) is 0. The van der Waals surface area contributed by atoms with Crippen LogP contribution in [-0.4, -0.2) is 14.9 Å². The van der Waals surface area contributed by atoms with Gasteiger partial charge < -0.3 is 5.43 Å². The molecule has 4 nitrogen and oxygen atoms in total. The highest BCUT2D eigenvalue weighted by Gasteiger charge is 2.27. The molecule has 0 radical (unpaired) electrons. The second kappa shape index (κ2) is 4.68.